The van der Waals surface area contributed by atoms with Crippen LogP contribution in [0.5, 0.6) is 0 Å². The summed E-state index contributed by atoms with van der Waals surface area (Å²) in [5.41, 5.74) is -0.867. The van der Waals surface area contributed by atoms with Gasteiger partial charge in [0.25, 0.3) is 0 Å². The number of carbonyl (C=O) groups excluding carboxylic acids is 2. The summed E-state index contributed by atoms with van der Waals surface area (Å²) in [5, 5.41) is 1.61. The van der Waals surface area contributed by atoms with Crippen molar-refractivity contribution in [2.75, 3.05) is 7.11 Å². The predicted molar refractivity (Wildman–Crippen MR) is 49.5 cm³/mol. The molecule has 0 heterocycles. The van der Waals surface area contributed by atoms with Crippen LogP contribution in [-0.2, 0) is 14.3 Å². The highest BCUT2D eigenvalue weighted by molar-refractivity contribution is 5.87. The van der Waals surface area contributed by atoms with E-state index in [-0.39, 0.29) is 0 Å². The minimum Gasteiger partial charge on any atom is -0.467 e. The number of hydrogen-bond acceptors (Lipinski definition) is 3. The molecule has 0 aliphatic heterocycles. The Hall–Kier alpha value is -1.27. The number of carbonyl (C=O) groups is 2. The molecule has 0 rings (SSSR count). The van der Waals surface area contributed by atoms with Crippen molar-refractivity contribution in [2.24, 2.45) is 5.41 Å². The van der Waals surface area contributed by atoms with Crippen LogP contribution < -0.4 is 5.32 Å². The maximum atomic E-state index is 12.0. The van der Waals surface area contributed by atoms with Gasteiger partial charge >= 0.3 is 18.1 Å². The van der Waals surface area contributed by atoms with E-state index in [4.69, 9.17) is 0 Å². The van der Waals surface area contributed by atoms with E-state index in [1.54, 1.807) is 5.32 Å². The molecule has 94 valence electrons. The molecule has 0 unspecified atom stereocenters. The maximum absolute atomic E-state index is 12.0. The van der Waals surface area contributed by atoms with Crippen molar-refractivity contribution in [3.63, 3.8) is 0 Å². The lowest BCUT2D eigenvalue weighted by atomic mass is 9.86. The molecule has 4 nitrogen and oxygen atoms in total. The molecule has 0 aromatic carbocycles. The summed E-state index contributed by atoms with van der Waals surface area (Å²) in [5.74, 6) is -3.07. The molecule has 0 aliphatic rings. The topological polar surface area (TPSA) is 55.4 Å². The molecule has 0 aromatic heterocycles. The van der Waals surface area contributed by atoms with E-state index in [9.17, 15) is 22.8 Å². The number of ether oxygens (including phenoxy) is 1. The van der Waals surface area contributed by atoms with Crippen LogP contribution in [0.3, 0.4) is 0 Å². The van der Waals surface area contributed by atoms with Crippen molar-refractivity contribution in [1.29, 1.82) is 0 Å². The SMILES string of the molecule is COC(=O)[C@@H](NC(=O)C(F)(F)F)C(C)(C)C. The van der Waals surface area contributed by atoms with Crippen LogP contribution in [0.2, 0.25) is 0 Å². The molecule has 7 heteroatoms. The monoisotopic (exact) mass is 241 g/mol. The number of hydrogen-bond donors (Lipinski definition) is 1. The third-order valence-electron chi connectivity index (χ3n) is 1.84. The number of nitrogens with one attached hydrogen (secondary N) is 1. The first-order valence-corrected chi connectivity index (χ1v) is 4.45. The first-order valence-electron chi connectivity index (χ1n) is 4.45. The van der Waals surface area contributed by atoms with Gasteiger partial charge in [-0.15, -0.1) is 0 Å². The highest BCUT2D eigenvalue weighted by Crippen LogP contribution is 2.22. The lowest BCUT2D eigenvalue weighted by molar-refractivity contribution is -0.176. The standard InChI is InChI=1S/C9H14F3NO3/c1-8(2,3)5(6(14)16-4)13-7(15)9(10,11)12/h5H,1-4H3,(H,13,15)/t5-/m1/s1. The van der Waals surface area contributed by atoms with Crippen molar-refractivity contribution >= 4 is 11.9 Å². The van der Waals surface area contributed by atoms with Crippen molar-refractivity contribution < 1.29 is 27.5 Å². The normalized spacial score (nSPS) is 14.2. The van der Waals surface area contributed by atoms with Crippen molar-refractivity contribution in [1.82, 2.24) is 5.32 Å². The Morgan fingerprint density at radius 2 is 1.62 bits per heavy atom. The number of amides is 1. The van der Waals surface area contributed by atoms with E-state index in [1.807, 2.05) is 0 Å². The Labute approximate surface area is 91.1 Å². The minimum absolute atomic E-state index is 0.867. The molecule has 1 amide bonds. The summed E-state index contributed by atoms with van der Waals surface area (Å²) in [6.45, 7) is 4.56. The van der Waals surface area contributed by atoms with Crippen LogP contribution in [-0.4, -0.2) is 31.2 Å². The zero-order valence-corrected chi connectivity index (χ0v) is 9.44. The van der Waals surface area contributed by atoms with Gasteiger partial charge in [-0.25, -0.2) is 4.79 Å². The van der Waals surface area contributed by atoms with Gasteiger partial charge in [0.05, 0.1) is 7.11 Å². The number of methoxy groups -OCH3 is 1. The van der Waals surface area contributed by atoms with Gasteiger partial charge < -0.3 is 10.1 Å². The van der Waals surface area contributed by atoms with E-state index in [0.29, 0.717) is 0 Å². The second-order valence-corrected chi connectivity index (χ2v) is 4.29. The molecule has 1 N–H and O–H groups in total. The number of rotatable bonds is 2. The lowest BCUT2D eigenvalue weighted by Crippen LogP contribution is -2.53. The summed E-state index contributed by atoms with van der Waals surface area (Å²) < 4.78 is 40.3. The fourth-order valence-electron chi connectivity index (χ4n) is 0.960. The van der Waals surface area contributed by atoms with Crippen LogP contribution in [0.1, 0.15) is 20.8 Å². The smallest absolute Gasteiger partial charge is 0.467 e. The summed E-state index contributed by atoms with van der Waals surface area (Å²) in [6, 6.07) is -1.34. The summed E-state index contributed by atoms with van der Waals surface area (Å²) >= 11 is 0. The van der Waals surface area contributed by atoms with Gasteiger partial charge in [0.2, 0.25) is 0 Å². The molecule has 0 aliphatic carbocycles. The number of halogens is 3. The average Bonchev–Trinajstić information content (AvgIpc) is 2.09. The summed E-state index contributed by atoms with van der Waals surface area (Å²) in [4.78, 5) is 21.9. The Kier molecular flexibility index (Phi) is 4.34. The molecule has 0 saturated heterocycles. The van der Waals surface area contributed by atoms with Crippen LogP contribution in [0.25, 0.3) is 0 Å². The first kappa shape index (κ1) is 14.7. The van der Waals surface area contributed by atoms with E-state index in [0.717, 1.165) is 7.11 Å². The molecule has 0 aromatic rings. The van der Waals surface area contributed by atoms with Gasteiger partial charge in [0.1, 0.15) is 6.04 Å². The molecule has 1 atom stereocenters. The molecule has 16 heavy (non-hydrogen) atoms. The second kappa shape index (κ2) is 4.71. The zero-order chi connectivity index (χ0) is 13.1. The van der Waals surface area contributed by atoms with E-state index < -0.39 is 29.5 Å². The predicted octanol–water partition coefficient (Wildman–Crippen LogP) is 1.25. The summed E-state index contributed by atoms with van der Waals surface area (Å²) in [7, 11) is 1.04. The number of esters is 1. The maximum Gasteiger partial charge on any atom is 0.471 e. The molecule has 0 radical (unpaired) electrons. The Morgan fingerprint density at radius 1 is 1.19 bits per heavy atom. The molecule has 0 fully saturated rings. The molecule has 0 spiro atoms. The first-order chi connectivity index (χ1) is 7.00. The van der Waals surface area contributed by atoms with E-state index >= 15 is 0 Å². The minimum atomic E-state index is -5.02. The second-order valence-electron chi connectivity index (χ2n) is 4.29. The Morgan fingerprint density at radius 3 is 1.88 bits per heavy atom. The van der Waals surface area contributed by atoms with Gasteiger partial charge in [-0.2, -0.15) is 13.2 Å². The van der Waals surface area contributed by atoms with Crippen LogP contribution >= 0.6 is 0 Å². The fraction of sp³-hybridized carbons (Fsp3) is 0.778. The number of alkyl halides is 3. The summed E-state index contributed by atoms with van der Waals surface area (Å²) in [6.07, 6.45) is -5.02. The molecule has 0 saturated carbocycles. The van der Waals surface area contributed by atoms with Gasteiger partial charge in [0, 0.05) is 0 Å². The average molecular weight is 241 g/mol. The Balaban J connectivity index is 4.84. The van der Waals surface area contributed by atoms with Gasteiger partial charge in [-0.1, -0.05) is 20.8 Å². The lowest BCUT2D eigenvalue weighted by Gasteiger charge is -2.29. The quantitative estimate of drug-likeness (QED) is 0.740. The zero-order valence-electron chi connectivity index (χ0n) is 9.44. The van der Waals surface area contributed by atoms with Gasteiger partial charge in [0.15, 0.2) is 0 Å². The van der Waals surface area contributed by atoms with Crippen molar-refractivity contribution in [2.45, 2.75) is 33.0 Å². The van der Waals surface area contributed by atoms with Crippen molar-refractivity contribution in [3.8, 4) is 0 Å². The van der Waals surface area contributed by atoms with Crippen LogP contribution in [0.4, 0.5) is 13.2 Å². The fourth-order valence-corrected chi connectivity index (χ4v) is 0.960. The molecule has 0 bridgehead atoms. The Bertz CT molecular complexity index is 281. The largest absolute Gasteiger partial charge is 0.471 e. The molecular formula is C9H14F3NO3. The van der Waals surface area contributed by atoms with E-state index in [1.165, 1.54) is 20.8 Å². The van der Waals surface area contributed by atoms with Crippen molar-refractivity contribution in [3.05, 3.63) is 0 Å². The molecular weight excluding hydrogens is 227 g/mol. The van der Waals surface area contributed by atoms with Crippen LogP contribution in [0, 0.1) is 5.41 Å². The highest BCUT2D eigenvalue weighted by atomic mass is 19.4. The highest BCUT2D eigenvalue weighted by Gasteiger charge is 2.43. The van der Waals surface area contributed by atoms with Gasteiger partial charge in [-0.05, 0) is 5.41 Å². The van der Waals surface area contributed by atoms with E-state index in [2.05, 4.69) is 4.74 Å². The third-order valence-corrected chi connectivity index (χ3v) is 1.84. The third kappa shape index (κ3) is 4.08. The van der Waals surface area contributed by atoms with Crippen LogP contribution in [0.15, 0.2) is 0 Å². The van der Waals surface area contributed by atoms with Gasteiger partial charge in [-0.3, -0.25) is 4.79 Å².